The van der Waals surface area contributed by atoms with E-state index in [-0.39, 0.29) is 40.8 Å². The Morgan fingerprint density at radius 1 is 1.07 bits per heavy atom. The molecular weight excluding hydrogens is 368 g/mol. The number of hydrogen-bond acceptors (Lipinski definition) is 8. The molecule has 0 amide bonds. The first-order valence-corrected chi connectivity index (χ1v) is 8.40. The number of esters is 2. The molecule has 0 spiro atoms. The number of Topliss-reactive ketones (excluding diaryl/α,β-unsaturated/α-hetero) is 1. The summed E-state index contributed by atoms with van der Waals surface area (Å²) in [7, 11) is 1.43. The second-order valence-electron chi connectivity index (χ2n) is 6.15. The van der Waals surface area contributed by atoms with Gasteiger partial charge in [0.05, 0.1) is 13.5 Å². The summed E-state index contributed by atoms with van der Waals surface area (Å²) in [6.45, 7) is 2.42. The van der Waals surface area contributed by atoms with E-state index in [0.29, 0.717) is 11.3 Å². The molecule has 1 aliphatic heterocycles. The Morgan fingerprint density at radius 2 is 1.79 bits per heavy atom. The molecule has 146 valence electrons. The molecule has 0 saturated carbocycles. The normalized spacial score (nSPS) is 15.2. The molecule has 1 atom stereocenters. The van der Waals surface area contributed by atoms with Crippen LogP contribution in [0.2, 0.25) is 0 Å². The zero-order valence-corrected chi connectivity index (χ0v) is 15.5. The van der Waals surface area contributed by atoms with E-state index in [2.05, 4.69) is 0 Å². The number of ether oxygens (including phenoxy) is 4. The van der Waals surface area contributed by atoms with Gasteiger partial charge in [-0.25, -0.2) is 0 Å². The zero-order chi connectivity index (χ0) is 20.4. The van der Waals surface area contributed by atoms with Crippen LogP contribution < -0.4 is 18.9 Å². The molecule has 1 heterocycles. The lowest BCUT2D eigenvalue weighted by Crippen LogP contribution is -2.22. The molecule has 0 aliphatic carbocycles. The second-order valence-corrected chi connectivity index (χ2v) is 6.15. The molecule has 2 aromatic carbocycles. The Labute approximate surface area is 160 Å². The third-order valence-electron chi connectivity index (χ3n) is 4.05. The lowest BCUT2D eigenvalue weighted by molar-refractivity contribution is -0.132. The lowest BCUT2D eigenvalue weighted by atomic mass is 9.95. The largest absolute Gasteiger partial charge is 0.504 e. The zero-order valence-electron chi connectivity index (χ0n) is 15.5. The van der Waals surface area contributed by atoms with E-state index >= 15 is 0 Å². The number of carbonyl (C=O) groups is 3. The van der Waals surface area contributed by atoms with Crippen LogP contribution in [-0.2, 0) is 9.59 Å². The van der Waals surface area contributed by atoms with Crippen LogP contribution in [0.15, 0.2) is 30.3 Å². The van der Waals surface area contributed by atoms with Crippen molar-refractivity contribution >= 4 is 17.7 Å². The number of phenolic OH excluding ortho intramolecular Hbond substituents is 1. The Morgan fingerprint density at radius 3 is 2.39 bits per heavy atom. The average Bonchev–Trinajstić information content (AvgIpc) is 2.59. The summed E-state index contributed by atoms with van der Waals surface area (Å²) >= 11 is 0. The highest BCUT2D eigenvalue weighted by Gasteiger charge is 2.32. The van der Waals surface area contributed by atoms with E-state index in [1.165, 1.54) is 39.2 Å². The molecule has 0 radical (unpaired) electrons. The van der Waals surface area contributed by atoms with Crippen molar-refractivity contribution in [2.24, 2.45) is 0 Å². The summed E-state index contributed by atoms with van der Waals surface area (Å²) < 4.78 is 21.1. The van der Waals surface area contributed by atoms with Gasteiger partial charge in [-0.3, -0.25) is 14.4 Å². The summed E-state index contributed by atoms with van der Waals surface area (Å²) in [5.41, 5.74) is 0.657. The van der Waals surface area contributed by atoms with Crippen molar-refractivity contribution in [2.45, 2.75) is 26.4 Å². The maximum atomic E-state index is 12.7. The first-order chi connectivity index (χ1) is 13.3. The van der Waals surface area contributed by atoms with E-state index in [0.717, 1.165) is 0 Å². The van der Waals surface area contributed by atoms with Gasteiger partial charge in [-0.05, 0) is 17.7 Å². The average molecular weight is 386 g/mol. The Bertz CT molecular complexity index is 963. The van der Waals surface area contributed by atoms with E-state index in [1.807, 2.05) is 0 Å². The predicted molar refractivity (Wildman–Crippen MR) is 96.0 cm³/mol. The van der Waals surface area contributed by atoms with Gasteiger partial charge in [0.2, 0.25) is 0 Å². The maximum Gasteiger partial charge on any atom is 0.308 e. The Balaban J connectivity index is 2.02. The fourth-order valence-electron chi connectivity index (χ4n) is 2.95. The Hall–Kier alpha value is -3.55. The van der Waals surface area contributed by atoms with Gasteiger partial charge in [0, 0.05) is 26.0 Å². The topological polar surface area (TPSA) is 108 Å². The quantitative estimate of drug-likeness (QED) is 0.631. The van der Waals surface area contributed by atoms with E-state index in [4.69, 9.17) is 18.9 Å². The van der Waals surface area contributed by atoms with E-state index in [1.54, 1.807) is 12.1 Å². The van der Waals surface area contributed by atoms with Crippen LogP contribution in [0.3, 0.4) is 0 Å². The number of methoxy groups -OCH3 is 1. The first-order valence-electron chi connectivity index (χ1n) is 8.40. The van der Waals surface area contributed by atoms with E-state index < -0.39 is 18.0 Å². The van der Waals surface area contributed by atoms with Crippen molar-refractivity contribution in [1.82, 2.24) is 0 Å². The maximum absolute atomic E-state index is 12.7. The van der Waals surface area contributed by atoms with E-state index in [9.17, 15) is 19.5 Å². The minimum absolute atomic E-state index is 0.0278. The third-order valence-corrected chi connectivity index (χ3v) is 4.05. The molecule has 0 aromatic heterocycles. The van der Waals surface area contributed by atoms with Crippen molar-refractivity contribution in [3.05, 3.63) is 41.5 Å². The number of fused-ring (bicyclic) bond motifs is 1. The van der Waals surface area contributed by atoms with Crippen molar-refractivity contribution in [3.63, 3.8) is 0 Å². The van der Waals surface area contributed by atoms with Gasteiger partial charge in [0.1, 0.15) is 28.9 Å². The molecule has 1 N–H and O–H groups in total. The Kier molecular flexibility index (Phi) is 5.21. The van der Waals surface area contributed by atoms with Gasteiger partial charge < -0.3 is 24.1 Å². The molecule has 2 aromatic rings. The highest BCUT2D eigenvalue weighted by atomic mass is 16.5. The molecule has 1 unspecified atom stereocenters. The van der Waals surface area contributed by atoms with Crippen LogP contribution in [0.5, 0.6) is 28.7 Å². The molecule has 1 aliphatic rings. The summed E-state index contributed by atoms with van der Waals surface area (Å²) in [6.07, 6.45) is -0.713. The van der Waals surface area contributed by atoms with Crippen molar-refractivity contribution in [1.29, 1.82) is 0 Å². The third kappa shape index (κ3) is 3.90. The number of benzene rings is 2. The molecule has 0 bridgehead atoms. The van der Waals surface area contributed by atoms with Gasteiger partial charge >= 0.3 is 11.9 Å². The van der Waals surface area contributed by atoms with Gasteiger partial charge in [-0.2, -0.15) is 0 Å². The first kappa shape index (κ1) is 19.2. The summed E-state index contributed by atoms with van der Waals surface area (Å²) in [6, 6.07) is 7.36. The highest BCUT2D eigenvalue weighted by Crippen LogP contribution is 2.43. The standard InChI is InChI=1S/C20H18O8/c1-10(21)26-13-7-18(27-11(2)22)20-15(24)9-17(28-19(20)8-13)12-4-5-16(25-3)14(23)6-12/h4-8,17,23H,9H2,1-3H3. The van der Waals surface area contributed by atoms with Crippen LogP contribution >= 0.6 is 0 Å². The number of ketones is 1. The molecule has 0 saturated heterocycles. The van der Waals surface area contributed by atoms with Crippen LogP contribution in [0.1, 0.15) is 42.3 Å². The number of phenols is 1. The second kappa shape index (κ2) is 7.59. The predicted octanol–water partition coefficient (Wildman–Crippen LogP) is 2.96. The smallest absolute Gasteiger partial charge is 0.308 e. The van der Waals surface area contributed by atoms with Gasteiger partial charge in [0.15, 0.2) is 17.3 Å². The number of aromatic hydroxyl groups is 1. The van der Waals surface area contributed by atoms with Gasteiger partial charge in [0.25, 0.3) is 0 Å². The summed E-state index contributed by atoms with van der Waals surface area (Å²) in [5, 5.41) is 9.99. The fourth-order valence-corrected chi connectivity index (χ4v) is 2.95. The molecule has 8 nitrogen and oxygen atoms in total. The van der Waals surface area contributed by atoms with Crippen molar-refractivity contribution in [2.75, 3.05) is 7.11 Å². The lowest BCUT2D eigenvalue weighted by Gasteiger charge is -2.27. The monoisotopic (exact) mass is 386 g/mol. The molecule has 0 fully saturated rings. The van der Waals surface area contributed by atoms with Crippen LogP contribution in [0, 0.1) is 0 Å². The number of carbonyl (C=O) groups excluding carboxylic acids is 3. The fraction of sp³-hybridized carbons (Fsp3) is 0.250. The highest BCUT2D eigenvalue weighted by molar-refractivity contribution is 6.03. The van der Waals surface area contributed by atoms with Crippen LogP contribution in [0.25, 0.3) is 0 Å². The summed E-state index contributed by atoms with van der Waals surface area (Å²) in [4.78, 5) is 35.4. The van der Waals surface area contributed by atoms with Crippen molar-refractivity contribution < 1.29 is 38.4 Å². The number of rotatable bonds is 4. The van der Waals surface area contributed by atoms with Crippen molar-refractivity contribution in [3.8, 4) is 28.7 Å². The molecule has 3 rings (SSSR count). The van der Waals surface area contributed by atoms with Crippen LogP contribution in [0.4, 0.5) is 0 Å². The summed E-state index contributed by atoms with van der Waals surface area (Å²) in [5.74, 6) is -1.16. The molecule has 8 heteroatoms. The minimum Gasteiger partial charge on any atom is -0.504 e. The van der Waals surface area contributed by atoms with Gasteiger partial charge in [-0.1, -0.05) is 6.07 Å². The number of hydrogen-bond donors (Lipinski definition) is 1. The van der Waals surface area contributed by atoms with Gasteiger partial charge in [-0.15, -0.1) is 0 Å². The minimum atomic E-state index is -0.686. The van der Waals surface area contributed by atoms with Crippen LogP contribution in [-0.4, -0.2) is 29.9 Å². The SMILES string of the molecule is COc1ccc(C2CC(=O)c3c(OC(C)=O)cc(OC(C)=O)cc3O2)cc1O. The molecule has 28 heavy (non-hydrogen) atoms. The molecular formula is C20H18O8.